The molecule has 10 heteroatoms. The molecule has 3 heterocycles. The lowest BCUT2D eigenvalue weighted by Gasteiger charge is -2.28. The molecule has 3 aromatic rings. The summed E-state index contributed by atoms with van der Waals surface area (Å²) in [5.74, 6) is 0. The smallest absolute Gasteiger partial charge is 0.290 e. The third-order valence-corrected chi connectivity index (χ3v) is 6.19. The van der Waals surface area contributed by atoms with Gasteiger partial charge >= 0.3 is 0 Å². The molecule has 0 radical (unpaired) electrons. The maximum absolute atomic E-state index is 13.2. The number of nitrogens with one attached hydrogen (secondary N) is 1. The molecular formula is C19H19N5O4S. The molecular weight excluding hydrogens is 394 g/mol. The van der Waals surface area contributed by atoms with Crippen LogP contribution in [0.3, 0.4) is 0 Å². The van der Waals surface area contributed by atoms with Crippen LogP contribution in [0.25, 0.3) is 11.0 Å². The minimum Gasteiger partial charge on any atom is -0.483 e. The van der Waals surface area contributed by atoms with Gasteiger partial charge in [0.2, 0.25) is 0 Å². The Hall–Kier alpha value is -3.42. The topological polar surface area (TPSA) is 128 Å². The molecule has 1 aliphatic heterocycles. The number of carbonyl (C=O) groups is 1. The van der Waals surface area contributed by atoms with Gasteiger partial charge in [-0.15, -0.1) is 0 Å². The van der Waals surface area contributed by atoms with Gasteiger partial charge in [-0.05, 0) is 36.4 Å². The summed E-state index contributed by atoms with van der Waals surface area (Å²) in [6, 6.07) is 11.4. The minimum absolute atomic E-state index is 0.143. The van der Waals surface area contributed by atoms with Crippen molar-refractivity contribution in [3.63, 3.8) is 0 Å². The number of pyridine rings is 1. The van der Waals surface area contributed by atoms with E-state index in [9.17, 15) is 8.42 Å². The van der Waals surface area contributed by atoms with Crippen LogP contribution in [-0.4, -0.2) is 55.1 Å². The van der Waals surface area contributed by atoms with E-state index in [4.69, 9.17) is 15.2 Å². The molecule has 1 saturated heterocycles. The van der Waals surface area contributed by atoms with Crippen LogP contribution in [-0.2, 0) is 14.8 Å². The van der Waals surface area contributed by atoms with Crippen LogP contribution in [0.4, 0.5) is 5.69 Å². The zero-order valence-corrected chi connectivity index (χ0v) is 16.2. The molecule has 150 valence electrons. The van der Waals surface area contributed by atoms with Gasteiger partial charge in [0, 0.05) is 38.6 Å². The van der Waals surface area contributed by atoms with E-state index in [1.807, 2.05) is 6.07 Å². The molecule has 1 aliphatic rings. The molecule has 29 heavy (non-hydrogen) atoms. The molecule has 0 spiro atoms. The molecule has 0 atom stereocenters. The highest BCUT2D eigenvalue weighted by molar-refractivity contribution is 7.90. The van der Waals surface area contributed by atoms with Gasteiger partial charge in [-0.2, -0.15) is 5.26 Å². The first-order chi connectivity index (χ1) is 14.0. The highest BCUT2D eigenvalue weighted by Gasteiger charge is 2.24. The van der Waals surface area contributed by atoms with Crippen LogP contribution < -0.4 is 10.2 Å². The van der Waals surface area contributed by atoms with Crippen molar-refractivity contribution in [1.29, 1.82) is 5.26 Å². The molecule has 0 amide bonds. The lowest BCUT2D eigenvalue weighted by molar-refractivity contribution is -0.122. The van der Waals surface area contributed by atoms with Crippen LogP contribution in [0.1, 0.15) is 5.56 Å². The van der Waals surface area contributed by atoms with Crippen molar-refractivity contribution in [3.05, 3.63) is 54.4 Å². The molecule has 0 bridgehead atoms. The SMILES string of the molecule is N#Cc1ccc(S(=O)(=O)n2cc(N3CCNCC3)c3ncccc32)cc1.O=CO. The van der Waals surface area contributed by atoms with Gasteiger partial charge in [0.1, 0.15) is 5.52 Å². The Morgan fingerprint density at radius 1 is 1.17 bits per heavy atom. The summed E-state index contributed by atoms with van der Waals surface area (Å²) in [5.41, 5.74) is 2.46. The zero-order chi connectivity index (χ0) is 20.9. The fourth-order valence-corrected chi connectivity index (χ4v) is 4.52. The molecule has 9 nitrogen and oxygen atoms in total. The molecule has 2 aromatic heterocycles. The van der Waals surface area contributed by atoms with Gasteiger partial charge in [-0.1, -0.05) is 0 Å². The Balaban J connectivity index is 0.000000755. The van der Waals surface area contributed by atoms with Crippen molar-refractivity contribution in [3.8, 4) is 6.07 Å². The van der Waals surface area contributed by atoms with Crippen molar-refractivity contribution in [2.75, 3.05) is 31.1 Å². The van der Waals surface area contributed by atoms with Gasteiger partial charge in [0.05, 0.1) is 27.7 Å². The van der Waals surface area contributed by atoms with Crippen LogP contribution in [0.15, 0.2) is 53.7 Å². The van der Waals surface area contributed by atoms with E-state index in [1.165, 1.54) is 28.2 Å². The van der Waals surface area contributed by atoms with Crippen molar-refractivity contribution >= 4 is 33.2 Å². The fraction of sp³-hybridized carbons (Fsp3) is 0.211. The van der Waals surface area contributed by atoms with Crippen LogP contribution in [0, 0.1) is 11.3 Å². The predicted octanol–water partition coefficient (Wildman–Crippen LogP) is 1.26. The molecule has 1 aromatic carbocycles. The fourth-order valence-electron chi connectivity index (χ4n) is 3.16. The number of hydrogen-bond donors (Lipinski definition) is 2. The number of fused-ring (bicyclic) bond motifs is 1. The van der Waals surface area contributed by atoms with E-state index < -0.39 is 10.0 Å². The lowest BCUT2D eigenvalue weighted by atomic mass is 10.2. The highest BCUT2D eigenvalue weighted by Crippen LogP contribution is 2.30. The number of nitriles is 1. The maximum Gasteiger partial charge on any atom is 0.290 e. The first kappa shape index (κ1) is 20.3. The largest absolute Gasteiger partial charge is 0.483 e. The Kier molecular flexibility index (Phi) is 6.11. The molecule has 0 aliphatic carbocycles. The van der Waals surface area contributed by atoms with Crippen molar-refractivity contribution in [2.24, 2.45) is 0 Å². The number of piperazine rings is 1. The highest BCUT2D eigenvalue weighted by atomic mass is 32.2. The van der Waals surface area contributed by atoms with E-state index in [0.29, 0.717) is 16.6 Å². The Morgan fingerprint density at radius 2 is 1.83 bits per heavy atom. The summed E-state index contributed by atoms with van der Waals surface area (Å²) in [4.78, 5) is 15.1. The summed E-state index contributed by atoms with van der Waals surface area (Å²) < 4.78 is 27.6. The summed E-state index contributed by atoms with van der Waals surface area (Å²) in [7, 11) is -3.78. The number of carboxylic acid groups (broad SMARTS) is 1. The number of anilines is 1. The van der Waals surface area contributed by atoms with Crippen molar-refractivity contribution < 1.29 is 18.3 Å². The summed E-state index contributed by atoms with van der Waals surface area (Å²) >= 11 is 0. The third kappa shape index (κ3) is 4.06. The molecule has 0 unspecified atom stereocenters. The van der Waals surface area contributed by atoms with Crippen LogP contribution in [0.2, 0.25) is 0 Å². The van der Waals surface area contributed by atoms with Gasteiger partial charge in [-0.25, -0.2) is 12.4 Å². The van der Waals surface area contributed by atoms with E-state index in [-0.39, 0.29) is 11.4 Å². The average molecular weight is 413 g/mol. The number of benzene rings is 1. The average Bonchev–Trinajstić information content (AvgIpc) is 3.15. The Bertz CT molecular complexity index is 1140. The second kappa shape index (κ2) is 8.72. The standard InChI is InChI=1S/C18H17N5O2S.CH2O2/c19-12-14-3-5-15(6-4-14)26(24,25)23-13-17(22-10-8-20-9-11-22)18-16(23)2-1-7-21-18;2-1-3/h1-7,13,20H,8-11H2;1H,(H,2,3). The predicted molar refractivity (Wildman–Crippen MR) is 107 cm³/mol. The second-order valence-corrected chi connectivity index (χ2v) is 7.98. The first-order valence-electron chi connectivity index (χ1n) is 8.78. The van der Waals surface area contributed by atoms with Gasteiger partial charge in [0.25, 0.3) is 16.5 Å². The quantitative estimate of drug-likeness (QED) is 0.614. The molecule has 0 saturated carbocycles. The Labute approximate surface area is 167 Å². The van der Waals surface area contributed by atoms with Crippen LogP contribution >= 0.6 is 0 Å². The van der Waals surface area contributed by atoms with Crippen molar-refractivity contribution in [1.82, 2.24) is 14.3 Å². The van der Waals surface area contributed by atoms with Crippen LogP contribution in [0.5, 0.6) is 0 Å². The zero-order valence-electron chi connectivity index (χ0n) is 15.4. The summed E-state index contributed by atoms with van der Waals surface area (Å²) in [6.45, 7) is 3.04. The molecule has 2 N–H and O–H groups in total. The number of aromatic nitrogens is 2. The third-order valence-electron chi connectivity index (χ3n) is 4.50. The maximum atomic E-state index is 13.2. The minimum atomic E-state index is -3.78. The lowest BCUT2D eigenvalue weighted by Crippen LogP contribution is -2.43. The number of rotatable bonds is 3. The summed E-state index contributed by atoms with van der Waals surface area (Å²) in [5, 5.41) is 19.1. The monoisotopic (exact) mass is 413 g/mol. The van der Waals surface area contributed by atoms with Crippen molar-refractivity contribution in [2.45, 2.75) is 4.90 Å². The van der Waals surface area contributed by atoms with E-state index in [0.717, 1.165) is 31.9 Å². The number of nitrogens with zero attached hydrogens (tertiary/aromatic N) is 4. The number of hydrogen-bond acceptors (Lipinski definition) is 7. The second-order valence-electron chi connectivity index (χ2n) is 6.16. The van der Waals surface area contributed by atoms with Gasteiger partial charge in [-0.3, -0.25) is 9.78 Å². The van der Waals surface area contributed by atoms with E-state index in [1.54, 1.807) is 24.5 Å². The molecule has 4 rings (SSSR count). The first-order valence-corrected chi connectivity index (χ1v) is 10.2. The molecule has 1 fully saturated rings. The van der Waals surface area contributed by atoms with Gasteiger partial charge < -0.3 is 15.3 Å². The van der Waals surface area contributed by atoms with Gasteiger partial charge in [0.15, 0.2) is 0 Å². The normalized spacial score (nSPS) is 14.0. The van der Waals surface area contributed by atoms with E-state index in [2.05, 4.69) is 15.2 Å². The summed E-state index contributed by atoms with van der Waals surface area (Å²) in [6.07, 6.45) is 3.32. The Morgan fingerprint density at radius 3 is 2.45 bits per heavy atom. The van der Waals surface area contributed by atoms with E-state index >= 15 is 0 Å².